The van der Waals surface area contributed by atoms with Crippen LogP contribution in [-0.4, -0.2) is 92.9 Å². The summed E-state index contributed by atoms with van der Waals surface area (Å²) >= 11 is 0. The van der Waals surface area contributed by atoms with E-state index >= 15 is 0 Å². The van der Waals surface area contributed by atoms with E-state index in [0.717, 1.165) is 16.7 Å². The summed E-state index contributed by atoms with van der Waals surface area (Å²) in [6, 6.07) is 24.4. The lowest BCUT2D eigenvalue weighted by Gasteiger charge is -2.37. The Morgan fingerprint density at radius 2 is 1.49 bits per heavy atom. The number of rotatable bonds is 10. The second-order valence-electron chi connectivity index (χ2n) is 10.2. The van der Waals surface area contributed by atoms with E-state index in [9.17, 15) is 9.90 Å². The molecule has 5 unspecified atom stereocenters. The van der Waals surface area contributed by atoms with E-state index in [2.05, 4.69) is 15.0 Å². The van der Waals surface area contributed by atoms with E-state index in [1.54, 1.807) is 19.1 Å². The van der Waals surface area contributed by atoms with Gasteiger partial charge in [0.05, 0.1) is 27.2 Å². The Morgan fingerprint density at radius 3 is 2.07 bits per heavy atom. The molecule has 1 N–H and O–H groups in total. The Hall–Kier alpha value is -4.42. The minimum absolute atomic E-state index is 0.00818. The van der Waals surface area contributed by atoms with Gasteiger partial charge in [-0.2, -0.15) is 4.99 Å². The molecule has 6 rings (SSSR count). The molecule has 3 aliphatic rings. The maximum absolute atomic E-state index is 12.2. The zero-order chi connectivity index (χ0) is 30.0. The zero-order valence-electron chi connectivity index (χ0n) is 23.9. The third-order valence-corrected chi connectivity index (χ3v) is 7.95. The zero-order valence-corrected chi connectivity index (χ0v) is 23.9. The number of benzene rings is 3. The summed E-state index contributed by atoms with van der Waals surface area (Å²) in [5.74, 6) is 1.37. The molecule has 0 aliphatic carbocycles. The summed E-state index contributed by atoms with van der Waals surface area (Å²) in [7, 11) is 4.74. The predicted octanol–water partition coefficient (Wildman–Crippen LogP) is 2.79. The van der Waals surface area contributed by atoms with Crippen molar-refractivity contribution < 1.29 is 33.6 Å². The number of amidine groups is 1. The number of carbonyl (C=O) groups is 1. The maximum atomic E-state index is 12.2. The van der Waals surface area contributed by atoms with Crippen molar-refractivity contribution in [3.05, 3.63) is 95.6 Å². The lowest BCUT2D eigenvalue weighted by molar-refractivity contribution is -0.117. The molecule has 11 heteroatoms. The molecule has 1 saturated heterocycles. The first kappa shape index (κ1) is 28.7. The number of hydrogen-bond donors (Lipinski definition) is 1. The minimum atomic E-state index is -1.10. The predicted molar refractivity (Wildman–Crippen MR) is 159 cm³/mol. The van der Waals surface area contributed by atoms with Crippen LogP contribution in [0.5, 0.6) is 11.5 Å². The molecular formula is C32H32N4O7. The molecule has 43 heavy (non-hydrogen) atoms. The van der Waals surface area contributed by atoms with Crippen molar-refractivity contribution in [3.8, 4) is 11.5 Å². The summed E-state index contributed by atoms with van der Waals surface area (Å²) in [5, 5.41) is 11.4. The molecule has 1 amide bonds. The summed E-state index contributed by atoms with van der Waals surface area (Å²) in [6.45, 7) is -0.00818. The lowest BCUT2D eigenvalue weighted by atomic mass is 9.80. The van der Waals surface area contributed by atoms with Crippen LogP contribution in [0.1, 0.15) is 16.7 Å². The number of ether oxygens (including phenoxy) is 5. The quantitative estimate of drug-likeness (QED) is 0.361. The van der Waals surface area contributed by atoms with Crippen molar-refractivity contribution in [3.63, 3.8) is 0 Å². The van der Waals surface area contributed by atoms with Crippen molar-refractivity contribution in [1.82, 2.24) is 4.90 Å². The van der Waals surface area contributed by atoms with Crippen LogP contribution in [0.15, 0.2) is 93.8 Å². The van der Waals surface area contributed by atoms with Gasteiger partial charge in [-0.3, -0.25) is 14.7 Å². The number of methoxy groups -OCH3 is 3. The fourth-order valence-electron chi connectivity index (χ4n) is 5.74. The van der Waals surface area contributed by atoms with Crippen molar-refractivity contribution in [2.75, 3.05) is 27.9 Å². The molecule has 3 aliphatic heterocycles. The molecule has 3 aromatic carbocycles. The number of carbonyl (C=O) groups excluding carboxylic acids is 1. The van der Waals surface area contributed by atoms with Crippen molar-refractivity contribution in [1.29, 1.82) is 0 Å². The summed E-state index contributed by atoms with van der Waals surface area (Å²) in [6.07, 6.45) is -0.753. The van der Waals surface area contributed by atoms with Gasteiger partial charge in [-0.15, -0.1) is 0 Å². The van der Waals surface area contributed by atoms with E-state index < -0.39 is 42.1 Å². The van der Waals surface area contributed by atoms with Gasteiger partial charge in [-0.25, -0.2) is 4.99 Å². The van der Waals surface area contributed by atoms with Gasteiger partial charge in [0.2, 0.25) is 0 Å². The van der Waals surface area contributed by atoms with Gasteiger partial charge in [0.1, 0.15) is 47.6 Å². The first-order valence-corrected chi connectivity index (χ1v) is 13.8. The molecule has 3 aromatic rings. The third kappa shape index (κ3) is 5.10. The van der Waals surface area contributed by atoms with E-state index in [1.807, 2.05) is 78.9 Å². The highest BCUT2D eigenvalue weighted by Crippen LogP contribution is 2.42. The highest BCUT2D eigenvalue weighted by atomic mass is 16.6. The van der Waals surface area contributed by atoms with Crippen LogP contribution in [0, 0.1) is 0 Å². The fraction of sp³-hybridized carbons (Fsp3) is 0.312. The number of aliphatic hydroxyl groups is 1. The Bertz CT molecular complexity index is 1480. The Balaban J connectivity index is 1.36. The van der Waals surface area contributed by atoms with Crippen LogP contribution in [-0.2, 0) is 24.6 Å². The first-order chi connectivity index (χ1) is 21.0. The third-order valence-electron chi connectivity index (χ3n) is 7.95. The second kappa shape index (κ2) is 12.1. The van der Waals surface area contributed by atoms with E-state index in [0.29, 0.717) is 17.3 Å². The fourth-order valence-corrected chi connectivity index (χ4v) is 5.74. The van der Waals surface area contributed by atoms with Crippen LogP contribution in [0.2, 0.25) is 0 Å². The molecule has 222 valence electrons. The molecule has 0 radical (unpaired) electrons. The SMILES string of the molecule is COc1ccc(C(OCC2OC(N3C=NC4C(=O)N=CN=C43)C(OC)C2O)(c2ccccc2)c2ccc(OC)cc2)cc1. The van der Waals surface area contributed by atoms with Crippen LogP contribution in [0.4, 0.5) is 0 Å². The van der Waals surface area contributed by atoms with Crippen LogP contribution < -0.4 is 9.47 Å². The molecule has 3 heterocycles. The average molecular weight is 585 g/mol. The smallest absolute Gasteiger partial charge is 0.279 e. The summed E-state index contributed by atoms with van der Waals surface area (Å²) < 4.78 is 29.9. The van der Waals surface area contributed by atoms with E-state index in [4.69, 9.17) is 23.7 Å². The summed E-state index contributed by atoms with van der Waals surface area (Å²) in [5.41, 5.74) is 1.48. The van der Waals surface area contributed by atoms with Gasteiger partial charge in [-0.1, -0.05) is 54.6 Å². The number of nitrogens with zero attached hydrogens (tertiary/aromatic N) is 4. The number of hydrogen-bond acceptors (Lipinski definition) is 10. The van der Waals surface area contributed by atoms with Gasteiger partial charge in [-0.05, 0) is 41.0 Å². The first-order valence-electron chi connectivity index (χ1n) is 13.8. The van der Waals surface area contributed by atoms with Crippen LogP contribution in [0.3, 0.4) is 0 Å². The minimum Gasteiger partial charge on any atom is -0.497 e. The van der Waals surface area contributed by atoms with Gasteiger partial charge < -0.3 is 28.8 Å². The topological polar surface area (TPSA) is 124 Å². The Kier molecular flexibility index (Phi) is 8.04. The van der Waals surface area contributed by atoms with Gasteiger partial charge >= 0.3 is 0 Å². The van der Waals surface area contributed by atoms with E-state index in [-0.39, 0.29) is 6.61 Å². The van der Waals surface area contributed by atoms with Gasteiger partial charge in [0, 0.05) is 7.11 Å². The normalized spacial score (nSPS) is 24.7. The molecule has 0 aromatic heterocycles. The average Bonchev–Trinajstić information content (AvgIpc) is 3.63. The maximum Gasteiger partial charge on any atom is 0.279 e. The number of fused-ring (bicyclic) bond motifs is 1. The van der Waals surface area contributed by atoms with Crippen molar-refractivity contribution >= 4 is 24.4 Å². The number of amides is 1. The number of aliphatic imine (C=N–C) groups is 3. The van der Waals surface area contributed by atoms with Gasteiger partial charge in [0.15, 0.2) is 12.3 Å². The Morgan fingerprint density at radius 1 is 0.884 bits per heavy atom. The molecule has 5 atom stereocenters. The van der Waals surface area contributed by atoms with Crippen molar-refractivity contribution in [2.24, 2.45) is 15.0 Å². The molecule has 0 spiro atoms. The van der Waals surface area contributed by atoms with Crippen LogP contribution >= 0.6 is 0 Å². The second-order valence-corrected chi connectivity index (χ2v) is 10.2. The van der Waals surface area contributed by atoms with E-state index in [1.165, 1.54) is 19.8 Å². The lowest BCUT2D eigenvalue weighted by Crippen LogP contribution is -2.48. The molecular weight excluding hydrogens is 552 g/mol. The Labute approximate surface area is 249 Å². The van der Waals surface area contributed by atoms with Crippen molar-refractivity contribution in [2.45, 2.75) is 36.2 Å². The largest absolute Gasteiger partial charge is 0.497 e. The summed E-state index contributed by atoms with van der Waals surface area (Å²) in [4.78, 5) is 26.1. The molecule has 1 fully saturated rings. The highest BCUT2D eigenvalue weighted by molar-refractivity contribution is 6.19. The monoisotopic (exact) mass is 584 g/mol. The standard InChI is InChI=1S/C32H32N4O7/c1-39-23-13-9-21(10-14-23)32(20-7-5-4-6-8-20,22-11-15-24(40-2)16-12-22)42-17-25-27(37)28(41-3)31(43-25)36-19-35-26-29(36)33-18-34-30(26)38/h4-16,18-19,25-28,31,37H,17H2,1-3H3. The van der Waals surface area contributed by atoms with Crippen LogP contribution in [0.25, 0.3) is 0 Å². The molecule has 0 bridgehead atoms. The highest BCUT2D eigenvalue weighted by Gasteiger charge is 2.51. The number of aliphatic hydroxyl groups excluding tert-OH is 1. The molecule has 11 nitrogen and oxygen atoms in total. The molecule has 0 saturated carbocycles. The van der Waals surface area contributed by atoms with Gasteiger partial charge in [0.25, 0.3) is 5.91 Å².